The first-order valence-corrected chi connectivity index (χ1v) is 4.46. The topological polar surface area (TPSA) is 95.4 Å². The maximum absolute atomic E-state index is 10.8. The number of fused-ring (bicyclic) bond motifs is 1. The summed E-state index contributed by atoms with van der Waals surface area (Å²) in [4.78, 5) is 21.7. The van der Waals surface area contributed by atoms with Gasteiger partial charge in [0, 0.05) is 13.1 Å². The Morgan fingerprint density at radius 2 is 1.33 bits per heavy atom. The smallest absolute Gasteiger partial charge is 0.346 e. The number of esters is 2. The van der Waals surface area contributed by atoms with Crippen molar-refractivity contribution in [1.82, 2.24) is 0 Å². The normalized spacial score (nSPS) is 12.7. The molecule has 0 amide bonds. The number of cyclic esters (lactones) is 2. The fourth-order valence-electron chi connectivity index (χ4n) is 1.03. The zero-order valence-electron chi connectivity index (χ0n) is 8.10. The van der Waals surface area contributed by atoms with Gasteiger partial charge in [-0.1, -0.05) is 12.1 Å². The Labute approximate surface area is 87.0 Å². The highest BCUT2D eigenvalue weighted by Gasteiger charge is 2.28. The van der Waals surface area contributed by atoms with Crippen LogP contribution in [-0.2, 0) is 4.74 Å². The number of carbonyl (C=O) groups excluding carboxylic acids is 2. The second-order valence-electron chi connectivity index (χ2n) is 2.80. The lowest BCUT2D eigenvalue weighted by molar-refractivity contribution is 0.0444. The van der Waals surface area contributed by atoms with Gasteiger partial charge in [0.2, 0.25) is 0 Å². The van der Waals surface area contributed by atoms with Gasteiger partial charge in [-0.05, 0) is 12.1 Å². The van der Waals surface area contributed by atoms with Gasteiger partial charge in [-0.15, -0.1) is 0 Å². The molecule has 1 aromatic rings. The zero-order chi connectivity index (χ0) is 11.3. The molecule has 0 aliphatic carbocycles. The molecule has 4 N–H and O–H groups in total. The van der Waals surface area contributed by atoms with E-state index in [9.17, 15) is 9.59 Å². The van der Waals surface area contributed by atoms with E-state index in [-0.39, 0.29) is 0 Å². The maximum Gasteiger partial charge on any atom is 0.346 e. The van der Waals surface area contributed by atoms with E-state index in [2.05, 4.69) is 4.74 Å². The Hall–Kier alpha value is -1.72. The van der Waals surface area contributed by atoms with E-state index in [1.54, 1.807) is 24.3 Å². The number of carbonyl (C=O) groups is 2. The van der Waals surface area contributed by atoms with Crippen LogP contribution in [0.4, 0.5) is 0 Å². The molecular weight excluding hydrogens is 196 g/mol. The standard InChI is InChI=1S/C8H4O3.C2H8N2/c9-7-5-3-1-2-4-6(5)8(10)11-7;3-1-2-4/h1-4H;1-4H2. The van der Waals surface area contributed by atoms with Gasteiger partial charge in [-0.2, -0.15) is 0 Å². The van der Waals surface area contributed by atoms with Crippen LogP contribution in [0.15, 0.2) is 24.3 Å². The van der Waals surface area contributed by atoms with Crippen LogP contribution in [0.3, 0.4) is 0 Å². The Morgan fingerprint density at radius 3 is 1.67 bits per heavy atom. The number of nitrogens with two attached hydrogens (primary N) is 2. The largest absolute Gasteiger partial charge is 0.386 e. The van der Waals surface area contributed by atoms with Crippen molar-refractivity contribution >= 4 is 11.9 Å². The first kappa shape index (κ1) is 11.4. The lowest BCUT2D eigenvalue weighted by Gasteiger charge is -1.86. The molecule has 0 spiro atoms. The molecule has 80 valence electrons. The van der Waals surface area contributed by atoms with Gasteiger partial charge in [-0.3, -0.25) is 0 Å². The molecule has 1 heterocycles. The second kappa shape index (κ2) is 5.23. The van der Waals surface area contributed by atoms with Gasteiger partial charge in [-0.25, -0.2) is 9.59 Å². The monoisotopic (exact) mass is 208 g/mol. The van der Waals surface area contributed by atoms with Gasteiger partial charge < -0.3 is 16.2 Å². The highest BCUT2D eigenvalue weighted by Crippen LogP contribution is 2.18. The third kappa shape index (κ3) is 2.61. The summed E-state index contributed by atoms with van der Waals surface area (Å²) in [6.45, 7) is 1.19. The predicted octanol–water partition coefficient (Wildman–Crippen LogP) is -0.0990. The molecule has 0 saturated carbocycles. The highest BCUT2D eigenvalue weighted by atomic mass is 16.6. The zero-order valence-corrected chi connectivity index (χ0v) is 8.10. The summed E-state index contributed by atoms with van der Waals surface area (Å²) in [7, 11) is 0. The Morgan fingerprint density at radius 1 is 0.933 bits per heavy atom. The van der Waals surface area contributed by atoms with Crippen molar-refractivity contribution in [2.45, 2.75) is 0 Å². The van der Waals surface area contributed by atoms with Crippen LogP contribution in [0.25, 0.3) is 0 Å². The quantitative estimate of drug-likeness (QED) is 0.496. The Bertz CT molecular complexity index is 342. The molecule has 0 atom stereocenters. The van der Waals surface area contributed by atoms with E-state index >= 15 is 0 Å². The van der Waals surface area contributed by atoms with E-state index in [1.165, 1.54) is 0 Å². The van der Waals surface area contributed by atoms with Crippen molar-refractivity contribution in [3.63, 3.8) is 0 Å². The molecule has 5 nitrogen and oxygen atoms in total. The average Bonchev–Trinajstić information content (AvgIpc) is 2.56. The summed E-state index contributed by atoms with van der Waals surface area (Å²) in [6.07, 6.45) is 0. The summed E-state index contributed by atoms with van der Waals surface area (Å²) in [5.41, 5.74) is 10.5. The first-order valence-electron chi connectivity index (χ1n) is 4.46. The molecule has 1 aliphatic rings. The predicted molar refractivity (Wildman–Crippen MR) is 54.3 cm³/mol. The van der Waals surface area contributed by atoms with Crippen molar-refractivity contribution in [2.75, 3.05) is 13.1 Å². The van der Waals surface area contributed by atoms with Crippen LogP contribution in [0.1, 0.15) is 20.7 Å². The van der Waals surface area contributed by atoms with Gasteiger partial charge in [0.15, 0.2) is 0 Å². The Kier molecular flexibility index (Phi) is 3.96. The number of hydrogen-bond acceptors (Lipinski definition) is 5. The highest BCUT2D eigenvalue weighted by molar-refractivity contribution is 6.14. The maximum atomic E-state index is 10.8. The minimum atomic E-state index is -0.550. The molecule has 5 heteroatoms. The molecular formula is C10H12N2O3. The van der Waals surface area contributed by atoms with Gasteiger partial charge in [0.05, 0.1) is 11.1 Å². The van der Waals surface area contributed by atoms with Crippen LogP contribution in [0.5, 0.6) is 0 Å². The SMILES string of the molecule is NCCN.O=C1OC(=O)c2ccccc21. The molecule has 0 radical (unpaired) electrons. The first-order chi connectivity index (χ1) is 7.20. The van der Waals surface area contributed by atoms with Crippen molar-refractivity contribution in [1.29, 1.82) is 0 Å². The van der Waals surface area contributed by atoms with Crippen LogP contribution >= 0.6 is 0 Å². The molecule has 2 rings (SSSR count). The molecule has 0 aromatic heterocycles. The fourth-order valence-corrected chi connectivity index (χ4v) is 1.03. The third-order valence-electron chi connectivity index (χ3n) is 1.72. The lowest BCUT2D eigenvalue weighted by atomic mass is 10.1. The van der Waals surface area contributed by atoms with Crippen molar-refractivity contribution in [3.8, 4) is 0 Å². The molecule has 0 bridgehead atoms. The van der Waals surface area contributed by atoms with Crippen LogP contribution in [-0.4, -0.2) is 25.0 Å². The summed E-state index contributed by atoms with van der Waals surface area (Å²) < 4.78 is 4.35. The molecule has 0 saturated heterocycles. The summed E-state index contributed by atoms with van der Waals surface area (Å²) in [5.74, 6) is -1.10. The minimum Gasteiger partial charge on any atom is -0.386 e. The number of hydrogen-bond donors (Lipinski definition) is 2. The van der Waals surface area contributed by atoms with Crippen molar-refractivity contribution in [2.24, 2.45) is 11.5 Å². The summed E-state index contributed by atoms with van der Waals surface area (Å²) in [6, 6.07) is 6.53. The average molecular weight is 208 g/mol. The van der Waals surface area contributed by atoms with Gasteiger partial charge in [0.1, 0.15) is 0 Å². The van der Waals surface area contributed by atoms with Crippen LogP contribution in [0.2, 0.25) is 0 Å². The van der Waals surface area contributed by atoms with Crippen molar-refractivity contribution < 1.29 is 14.3 Å². The molecule has 0 unspecified atom stereocenters. The van der Waals surface area contributed by atoms with Crippen LogP contribution in [0, 0.1) is 0 Å². The van der Waals surface area contributed by atoms with Crippen LogP contribution < -0.4 is 11.5 Å². The van der Waals surface area contributed by atoms with Crippen molar-refractivity contribution in [3.05, 3.63) is 35.4 Å². The van der Waals surface area contributed by atoms with E-state index in [0.717, 1.165) is 0 Å². The Balaban J connectivity index is 0.000000245. The number of rotatable bonds is 1. The summed E-state index contributed by atoms with van der Waals surface area (Å²) >= 11 is 0. The minimum absolute atomic E-state index is 0.359. The lowest BCUT2D eigenvalue weighted by Crippen LogP contribution is -2.11. The van der Waals surface area contributed by atoms with Gasteiger partial charge in [0.25, 0.3) is 0 Å². The van der Waals surface area contributed by atoms with E-state index in [0.29, 0.717) is 24.2 Å². The molecule has 1 aliphatic heterocycles. The number of benzene rings is 1. The summed E-state index contributed by atoms with van der Waals surface area (Å²) in [5, 5.41) is 0. The van der Waals surface area contributed by atoms with E-state index < -0.39 is 11.9 Å². The molecule has 0 fully saturated rings. The molecule has 1 aromatic carbocycles. The van der Waals surface area contributed by atoms with E-state index in [4.69, 9.17) is 11.5 Å². The molecule has 15 heavy (non-hydrogen) atoms. The second-order valence-corrected chi connectivity index (χ2v) is 2.80. The fraction of sp³-hybridized carbons (Fsp3) is 0.200. The third-order valence-corrected chi connectivity index (χ3v) is 1.72. The number of ether oxygens (including phenoxy) is 1. The van der Waals surface area contributed by atoms with Gasteiger partial charge >= 0.3 is 11.9 Å². The van der Waals surface area contributed by atoms with E-state index in [1.807, 2.05) is 0 Å².